The van der Waals surface area contributed by atoms with Gasteiger partial charge >= 0.3 is 0 Å². The van der Waals surface area contributed by atoms with E-state index in [0.29, 0.717) is 0 Å². The van der Waals surface area contributed by atoms with Crippen molar-refractivity contribution in [3.8, 4) is 0 Å². The lowest BCUT2D eigenvalue weighted by Gasteiger charge is -2.17. The van der Waals surface area contributed by atoms with Crippen LogP contribution in [0.1, 0.15) is 36.5 Å². The molecule has 0 amide bonds. The highest BCUT2D eigenvalue weighted by Crippen LogP contribution is 2.26. The van der Waals surface area contributed by atoms with E-state index in [4.69, 9.17) is 16.6 Å². The number of fused-ring (bicyclic) bond motifs is 1. The third kappa shape index (κ3) is 2.57. The number of nitrogens with zero attached hydrogens (tertiary/aromatic N) is 3. The van der Waals surface area contributed by atoms with Crippen molar-refractivity contribution in [1.82, 2.24) is 14.5 Å². The molecule has 1 saturated heterocycles. The predicted molar refractivity (Wildman–Crippen MR) is 84.4 cm³/mol. The monoisotopic (exact) mass is 291 g/mol. The molecule has 1 aromatic carbocycles. The Bertz CT molecular complexity index is 597. The average molecular weight is 292 g/mol. The molecule has 1 atom stereocenters. The summed E-state index contributed by atoms with van der Waals surface area (Å²) in [6, 6.07) is 6.37. The minimum atomic E-state index is -0.0552. The molecule has 2 heterocycles. The first-order valence-electron chi connectivity index (χ1n) is 7.49. The Labute approximate surface area is 125 Å². The van der Waals surface area contributed by atoms with E-state index < -0.39 is 0 Å². The summed E-state index contributed by atoms with van der Waals surface area (Å²) in [7, 11) is 0. The van der Waals surface area contributed by atoms with E-state index in [0.717, 1.165) is 24.4 Å². The van der Waals surface area contributed by atoms with Gasteiger partial charge in [-0.15, -0.1) is 11.6 Å². The molecule has 1 aliphatic rings. The number of likely N-dealkylation sites (tertiary alicyclic amines) is 1. The van der Waals surface area contributed by atoms with E-state index in [9.17, 15) is 0 Å². The summed E-state index contributed by atoms with van der Waals surface area (Å²) in [6.45, 7) is 8.66. The summed E-state index contributed by atoms with van der Waals surface area (Å²) in [6.07, 6.45) is 2.67. The fourth-order valence-corrected chi connectivity index (χ4v) is 3.26. The highest BCUT2D eigenvalue weighted by Gasteiger charge is 2.17. The number of rotatable bonds is 4. The zero-order valence-corrected chi connectivity index (χ0v) is 13.0. The van der Waals surface area contributed by atoms with E-state index in [1.54, 1.807) is 0 Å². The molecule has 0 saturated carbocycles. The van der Waals surface area contributed by atoms with Gasteiger partial charge in [0, 0.05) is 13.1 Å². The molecule has 2 aromatic rings. The van der Waals surface area contributed by atoms with Crippen LogP contribution in [0.15, 0.2) is 18.2 Å². The Balaban J connectivity index is 1.94. The Hall–Kier alpha value is -1.06. The number of alkyl halides is 1. The summed E-state index contributed by atoms with van der Waals surface area (Å²) >= 11 is 6.33. The van der Waals surface area contributed by atoms with Gasteiger partial charge in [-0.2, -0.15) is 0 Å². The Morgan fingerprint density at radius 3 is 2.70 bits per heavy atom. The second kappa shape index (κ2) is 5.74. The molecule has 0 N–H and O–H groups in total. The van der Waals surface area contributed by atoms with Gasteiger partial charge in [-0.25, -0.2) is 4.98 Å². The van der Waals surface area contributed by atoms with Crippen molar-refractivity contribution in [2.75, 3.05) is 19.6 Å². The lowest BCUT2D eigenvalue weighted by atomic mass is 10.2. The van der Waals surface area contributed by atoms with Crippen molar-refractivity contribution in [1.29, 1.82) is 0 Å². The second-order valence-corrected chi connectivity index (χ2v) is 6.38. The SMILES string of the molecule is Cc1cccc2c1nc(C(C)Cl)n2CCN1CCCC1. The van der Waals surface area contributed by atoms with Crippen molar-refractivity contribution in [3.05, 3.63) is 29.6 Å². The van der Waals surface area contributed by atoms with Gasteiger partial charge in [0.15, 0.2) is 0 Å². The predicted octanol–water partition coefficient (Wildman–Crippen LogP) is 3.74. The minimum Gasteiger partial charge on any atom is -0.325 e. The largest absolute Gasteiger partial charge is 0.325 e. The number of benzene rings is 1. The van der Waals surface area contributed by atoms with Crippen molar-refractivity contribution in [2.45, 2.75) is 38.6 Å². The van der Waals surface area contributed by atoms with Gasteiger partial charge in [0.25, 0.3) is 0 Å². The van der Waals surface area contributed by atoms with E-state index in [1.165, 1.54) is 37.0 Å². The molecular formula is C16H22ClN3. The Kier molecular flexibility index (Phi) is 3.99. The Morgan fingerprint density at radius 2 is 2.00 bits per heavy atom. The summed E-state index contributed by atoms with van der Waals surface area (Å²) in [4.78, 5) is 7.30. The average Bonchev–Trinajstić information content (AvgIpc) is 3.03. The van der Waals surface area contributed by atoms with Crippen LogP contribution in [0.2, 0.25) is 0 Å². The van der Waals surface area contributed by atoms with Crippen LogP contribution >= 0.6 is 11.6 Å². The molecule has 4 heteroatoms. The number of hydrogen-bond acceptors (Lipinski definition) is 2. The van der Waals surface area contributed by atoms with Crippen molar-refractivity contribution in [3.63, 3.8) is 0 Å². The van der Waals surface area contributed by atoms with Crippen LogP contribution in [0.5, 0.6) is 0 Å². The van der Waals surface area contributed by atoms with Crippen molar-refractivity contribution in [2.24, 2.45) is 0 Å². The molecule has 1 aromatic heterocycles. The lowest BCUT2D eigenvalue weighted by molar-refractivity contribution is 0.322. The molecule has 0 spiro atoms. The molecule has 108 valence electrons. The van der Waals surface area contributed by atoms with Gasteiger partial charge in [-0.3, -0.25) is 0 Å². The molecule has 0 radical (unpaired) electrons. The lowest BCUT2D eigenvalue weighted by Crippen LogP contribution is -2.24. The number of aryl methyl sites for hydroxylation is 1. The number of hydrogen-bond donors (Lipinski definition) is 0. The topological polar surface area (TPSA) is 21.1 Å². The van der Waals surface area contributed by atoms with Gasteiger partial charge in [-0.05, 0) is 51.4 Å². The second-order valence-electron chi connectivity index (χ2n) is 5.73. The molecule has 20 heavy (non-hydrogen) atoms. The van der Waals surface area contributed by atoms with Crippen LogP contribution in [0.4, 0.5) is 0 Å². The smallest absolute Gasteiger partial charge is 0.127 e. The van der Waals surface area contributed by atoms with Crippen LogP contribution in [-0.2, 0) is 6.54 Å². The van der Waals surface area contributed by atoms with Crippen LogP contribution < -0.4 is 0 Å². The summed E-state index contributed by atoms with van der Waals surface area (Å²) in [5.74, 6) is 0.996. The van der Waals surface area contributed by atoms with Gasteiger partial charge in [0.2, 0.25) is 0 Å². The number of imidazole rings is 1. The first-order chi connectivity index (χ1) is 9.66. The summed E-state index contributed by atoms with van der Waals surface area (Å²) in [5.41, 5.74) is 3.53. The van der Waals surface area contributed by atoms with E-state index >= 15 is 0 Å². The van der Waals surface area contributed by atoms with Crippen LogP contribution in [0.25, 0.3) is 11.0 Å². The Morgan fingerprint density at radius 1 is 1.25 bits per heavy atom. The fourth-order valence-electron chi connectivity index (χ4n) is 3.09. The van der Waals surface area contributed by atoms with Gasteiger partial charge in [0.05, 0.1) is 16.4 Å². The van der Waals surface area contributed by atoms with E-state index in [1.807, 2.05) is 6.92 Å². The molecular weight excluding hydrogens is 270 g/mol. The fraction of sp³-hybridized carbons (Fsp3) is 0.562. The first kappa shape index (κ1) is 13.9. The maximum absolute atomic E-state index is 6.33. The van der Waals surface area contributed by atoms with Crippen molar-refractivity contribution >= 4 is 22.6 Å². The van der Waals surface area contributed by atoms with Crippen LogP contribution in [0, 0.1) is 6.92 Å². The molecule has 1 fully saturated rings. The summed E-state index contributed by atoms with van der Waals surface area (Å²) < 4.78 is 2.30. The van der Waals surface area contributed by atoms with Gasteiger partial charge in [-0.1, -0.05) is 12.1 Å². The molecule has 1 aliphatic heterocycles. The van der Waals surface area contributed by atoms with E-state index in [2.05, 4.69) is 34.6 Å². The quantitative estimate of drug-likeness (QED) is 0.800. The zero-order chi connectivity index (χ0) is 14.1. The molecule has 0 aliphatic carbocycles. The van der Waals surface area contributed by atoms with Crippen molar-refractivity contribution < 1.29 is 0 Å². The molecule has 3 rings (SSSR count). The zero-order valence-electron chi connectivity index (χ0n) is 12.3. The van der Waals surface area contributed by atoms with E-state index in [-0.39, 0.29) is 5.38 Å². The highest BCUT2D eigenvalue weighted by atomic mass is 35.5. The maximum Gasteiger partial charge on any atom is 0.127 e. The van der Waals surface area contributed by atoms with Crippen LogP contribution in [0.3, 0.4) is 0 Å². The minimum absolute atomic E-state index is 0.0552. The van der Waals surface area contributed by atoms with Gasteiger partial charge < -0.3 is 9.47 Å². The molecule has 3 nitrogen and oxygen atoms in total. The number of halogens is 1. The third-order valence-electron chi connectivity index (χ3n) is 4.20. The van der Waals surface area contributed by atoms with Gasteiger partial charge in [0.1, 0.15) is 5.82 Å². The normalized spacial score (nSPS) is 17.9. The number of para-hydroxylation sites is 1. The van der Waals surface area contributed by atoms with Crippen LogP contribution in [-0.4, -0.2) is 34.1 Å². The summed E-state index contributed by atoms with van der Waals surface area (Å²) in [5, 5.41) is -0.0552. The maximum atomic E-state index is 6.33. The highest BCUT2D eigenvalue weighted by molar-refractivity contribution is 6.20. The number of aromatic nitrogens is 2. The molecule has 0 bridgehead atoms. The third-order valence-corrected chi connectivity index (χ3v) is 4.40. The molecule has 1 unspecified atom stereocenters. The first-order valence-corrected chi connectivity index (χ1v) is 7.92. The standard InChI is InChI=1S/C16H22ClN3/c1-12-6-5-7-14-15(12)18-16(13(2)17)20(14)11-10-19-8-3-4-9-19/h5-7,13H,3-4,8-11H2,1-2H3.